The van der Waals surface area contributed by atoms with Crippen LogP contribution in [-0.4, -0.2) is 40.0 Å². The molecule has 1 aromatic carbocycles. The van der Waals surface area contributed by atoms with Gasteiger partial charge in [-0.25, -0.2) is 9.78 Å². The number of rotatable bonds is 5. The van der Waals surface area contributed by atoms with Crippen molar-refractivity contribution in [1.29, 1.82) is 0 Å². The number of nitrogens with zero attached hydrogens (tertiary/aromatic N) is 2. The number of ether oxygens (including phenoxy) is 1. The lowest BCUT2D eigenvalue weighted by atomic mass is 9.92. The smallest absolute Gasteiger partial charge is 0.357 e. The van der Waals surface area contributed by atoms with Crippen molar-refractivity contribution in [3.8, 4) is 0 Å². The number of ketones is 1. The molecule has 0 bridgehead atoms. The summed E-state index contributed by atoms with van der Waals surface area (Å²) in [6.07, 6.45) is 3.08. The zero-order valence-corrected chi connectivity index (χ0v) is 13.2. The van der Waals surface area contributed by atoms with Crippen LogP contribution in [0.2, 0.25) is 0 Å². The first kappa shape index (κ1) is 15.4. The van der Waals surface area contributed by atoms with Crippen LogP contribution < -0.4 is 5.32 Å². The van der Waals surface area contributed by atoms with Crippen LogP contribution in [0.5, 0.6) is 0 Å². The van der Waals surface area contributed by atoms with Gasteiger partial charge in [-0.2, -0.15) is 0 Å². The second-order valence-corrected chi connectivity index (χ2v) is 5.82. The van der Waals surface area contributed by atoms with Gasteiger partial charge in [-0.05, 0) is 19.4 Å². The van der Waals surface area contributed by atoms with E-state index in [-0.39, 0.29) is 11.8 Å². The summed E-state index contributed by atoms with van der Waals surface area (Å²) in [7, 11) is 0. The molecule has 1 atom stereocenters. The van der Waals surface area contributed by atoms with Crippen molar-refractivity contribution in [1.82, 2.24) is 14.9 Å². The first-order valence-electron chi connectivity index (χ1n) is 7.55. The summed E-state index contributed by atoms with van der Waals surface area (Å²) in [4.78, 5) is 28.3. The number of aromatic nitrogens is 2. The number of nitrogens with one attached hydrogen (secondary N) is 1. The molecule has 0 amide bonds. The molecule has 1 saturated heterocycles. The molecule has 0 radical (unpaired) electrons. The Kier molecular flexibility index (Phi) is 4.00. The third-order valence-corrected chi connectivity index (χ3v) is 4.33. The number of carbonyl (C=O) groups is 2. The number of esters is 1. The van der Waals surface area contributed by atoms with Crippen molar-refractivity contribution < 1.29 is 14.3 Å². The molecule has 1 aliphatic heterocycles. The van der Waals surface area contributed by atoms with Crippen molar-refractivity contribution in [3.63, 3.8) is 0 Å². The van der Waals surface area contributed by atoms with Gasteiger partial charge >= 0.3 is 5.97 Å². The highest BCUT2D eigenvalue weighted by atomic mass is 16.6. The number of Topliss-reactive ketones (excluding diaryl/α,β-unsaturated/α-hetero) is 1. The highest BCUT2D eigenvalue weighted by Crippen LogP contribution is 2.23. The molecule has 0 unspecified atom stereocenters. The predicted molar refractivity (Wildman–Crippen MR) is 84.2 cm³/mol. The standard InChI is InChI=1S/C17H19N3O3/c1-12(14-6-4-3-5-7-14)20-11-18-8-15(20)16(22)23-17(13(2)21)9-19-10-17/h3-8,11-12,19H,9-10H2,1-2H3/t12-/m1/s1. The Morgan fingerprint density at radius 3 is 2.57 bits per heavy atom. The molecular weight excluding hydrogens is 294 g/mol. The Labute approximate surface area is 134 Å². The van der Waals surface area contributed by atoms with Gasteiger partial charge in [0.25, 0.3) is 0 Å². The maximum absolute atomic E-state index is 12.5. The molecule has 120 valence electrons. The molecule has 2 heterocycles. The number of imidazole rings is 1. The minimum atomic E-state index is -1.04. The number of carbonyl (C=O) groups excluding carboxylic acids is 2. The van der Waals surface area contributed by atoms with Gasteiger partial charge in [-0.15, -0.1) is 0 Å². The van der Waals surface area contributed by atoms with Gasteiger partial charge in [0.1, 0.15) is 5.69 Å². The zero-order chi connectivity index (χ0) is 16.4. The average molecular weight is 313 g/mol. The summed E-state index contributed by atoms with van der Waals surface area (Å²) >= 11 is 0. The fraction of sp³-hybridized carbons (Fsp3) is 0.353. The second-order valence-electron chi connectivity index (χ2n) is 5.82. The van der Waals surface area contributed by atoms with Crippen molar-refractivity contribution in [2.45, 2.75) is 25.5 Å². The van der Waals surface area contributed by atoms with Crippen LogP contribution in [0.25, 0.3) is 0 Å². The van der Waals surface area contributed by atoms with Gasteiger partial charge in [-0.3, -0.25) is 4.79 Å². The molecule has 1 N–H and O–H groups in total. The van der Waals surface area contributed by atoms with Crippen molar-refractivity contribution >= 4 is 11.8 Å². The number of benzene rings is 1. The third-order valence-electron chi connectivity index (χ3n) is 4.33. The Bertz CT molecular complexity index is 720. The summed E-state index contributed by atoms with van der Waals surface area (Å²) in [5, 5.41) is 2.98. The number of hydrogen-bond donors (Lipinski definition) is 1. The maximum Gasteiger partial charge on any atom is 0.357 e. The van der Waals surface area contributed by atoms with E-state index in [2.05, 4.69) is 10.3 Å². The summed E-state index contributed by atoms with van der Waals surface area (Å²) in [6.45, 7) is 4.14. The van der Waals surface area contributed by atoms with Crippen LogP contribution in [0.1, 0.15) is 35.9 Å². The lowest BCUT2D eigenvalue weighted by Gasteiger charge is -2.39. The molecule has 1 fully saturated rings. The third kappa shape index (κ3) is 2.77. The summed E-state index contributed by atoms with van der Waals surface area (Å²) in [6, 6.07) is 9.77. The molecule has 1 aliphatic rings. The predicted octanol–water partition coefficient (Wildman–Crippen LogP) is 1.58. The first-order valence-corrected chi connectivity index (χ1v) is 7.55. The van der Waals surface area contributed by atoms with E-state index >= 15 is 0 Å². The van der Waals surface area contributed by atoms with E-state index in [0.717, 1.165) is 5.56 Å². The molecule has 0 saturated carbocycles. The quantitative estimate of drug-likeness (QED) is 0.849. The fourth-order valence-corrected chi connectivity index (χ4v) is 2.64. The minimum absolute atomic E-state index is 0.0611. The zero-order valence-electron chi connectivity index (χ0n) is 13.2. The summed E-state index contributed by atoms with van der Waals surface area (Å²) in [5.74, 6) is -0.672. The average Bonchev–Trinajstić information content (AvgIpc) is 3.00. The molecule has 3 rings (SSSR count). The minimum Gasteiger partial charge on any atom is -0.444 e. The monoisotopic (exact) mass is 313 g/mol. The molecular formula is C17H19N3O3. The normalized spacial score (nSPS) is 17.1. The van der Waals surface area contributed by atoms with E-state index in [1.165, 1.54) is 13.1 Å². The van der Waals surface area contributed by atoms with E-state index in [1.807, 2.05) is 37.3 Å². The van der Waals surface area contributed by atoms with Crippen LogP contribution in [0.15, 0.2) is 42.9 Å². The van der Waals surface area contributed by atoms with E-state index in [0.29, 0.717) is 18.8 Å². The van der Waals surface area contributed by atoms with Gasteiger partial charge in [0.2, 0.25) is 0 Å². The van der Waals surface area contributed by atoms with E-state index < -0.39 is 11.6 Å². The highest BCUT2D eigenvalue weighted by Gasteiger charge is 2.46. The summed E-state index contributed by atoms with van der Waals surface area (Å²) < 4.78 is 7.26. The van der Waals surface area contributed by atoms with Crippen molar-refractivity contribution in [2.75, 3.05) is 13.1 Å². The maximum atomic E-state index is 12.5. The highest BCUT2D eigenvalue weighted by molar-refractivity contribution is 5.94. The Hall–Kier alpha value is -2.47. The first-order chi connectivity index (χ1) is 11.0. The lowest BCUT2D eigenvalue weighted by molar-refractivity contribution is -0.141. The van der Waals surface area contributed by atoms with Gasteiger partial charge in [0.05, 0.1) is 18.6 Å². The lowest BCUT2D eigenvalue weighted by Crippen LogP contribution is -2.65. The second kappa shape index (κ2) is 5.96. The SMILES string of the molecule is CC(=O)C1(OC(=O)c2cncn2[C@H](C)c2ccccc2)CNC1. The topological polar surface area (TPSA) is 73.2 Å². The largest absolute Gasteiger partial charge is 0.444 e. The van der Waals surface area contributed by atoms with Gasteiger partial charge < -0.3 is 14.6 Å². The van der Waals surface area contributed by atoms with Gasteiger partial charge in [-0.1, -0.05) is 30.3 Å². The van der Waals surface area contributed by atoms with E-state index in [1.54, 1.807) is 10.9 Å². The Morgan fingerprint density at radius 1 is 1.30 bits per heavy atom. The van der Waals surface area contributed by atoms with Crippen molar-refractivity contribution in [3.05, 3.63) is 54.1 Å². The van der Waals surface area contributed by atoms with Gasteiger partial charge in [0, 0.05) is 13.1 Å². The molecule has 23 heavy (non-hydrogen) atoms. The molecule has 6 nitrogen and oxygen atoms in total. The Morgan fingerprint density at radius 2 is 2.00 bits per heavy atom. The fourth-order valence-electron chi connectivity index (χ4n) is 2.64. The van der Waals surface area contributed by atoms with Crippen LogP contribution in [0, 0.1) is 0 Å². The van der Waals surface area contributed by atoms with Crippen LogP contribution >= 0.6 is 0 Å². The molecule has 1 aromatic heterocycles. The van der Waals surface area contributed by atoms with E-state index in [4.69, 9.17) is 4.74 Å². The van der Waals surface area contributed by atoms with Gasteiger partial charge in [0.15, 0.2) is 11.4 Å². The Balaban J connectivity index is 1.83. The molecule has 2 aromatic rings. The van der Waals surface area contributed by atoms with Crippen LogP contribution in [0.3, 0.4) is 0 Å². The van der Waals surface area contributed by atoms with Crippen LogP contribution in [-0.2, 0) is 9.53 Å². The van der Waals surface area contributed by atoms with Crippen LogP contribution in [0.4, 0.5) is 0 Å². The van der Waals surface area contributed by atoms with Crippen molar-refractivity contribution in [2.24, 2.45) is 0 Å². The molecule has 6 heteroatoms. The summed E-state index contributed by atoms with van der Waals surface area (Å²) in [5.41, 5.74) is 0.363. The molecule has 0 aliphatic carbocycles. The molecule has 0 spiro atoms. The van der Waals surface area contributed by atoms with E-state index in [9.17, 15) is 9.59 Å². The number of hydrogen-bond acceptors (Lipinski definition) is 5.